The van der Waals surface area contributed by atoms with Crippen molar-refractivity contribution in [1.82, 2.24) is 15.3 Å². The van der Waals surface area contributed by atoms with E-state index >= 15 is 0 Å². The number of rotatable bonds is 5. The summed E-state index contributed by atoms with van der Waals surface area (Å²) in [4.78, 5) is 15.6. The van der Waals surface area contributed by atoms with Gasteiger partial charge in [-0.05, 0) is 18.7 Å². The van der Waals surface area contributed by atoms with Crippen molar-refractivity contribution in [3.05, 3.63) is 39.2 Å². The van der Waals surface area contributed by atoms with Gasteiger partial charge < -0.3 is 0 Å². The zero-order valence-electron chi connectivity index (χ0n) is 8.63. The Morgan fingerprint density at radius 3 is 2.94 bits per heavy atom. The van der Waals surface area contributed by atoms with Crippen molar-refractivity contribution >= 4 is 11.6 Å². The van der Waals surface area contributed by atoms with Crippen LogP contribution < -0.4 is 11.2 Å². The lowest BCUT2D eigenvalue weighted by Gasteiger charge is -2.21. The molecule has 0 amide bonds. The fourth-order valence-corrected chi connectivity index (χ4v) is 1.20. The van der Waals surface area contributed by atoms with Crippen LogP contribution in [0.3, 0.4) is 0 Å². The molecule has 0 bridgehead atoms. The zero-order valence-corrected chi connectivity index (χ0v) is 9.39. The number of pyridine rings is 1. The third-order valence-electron chi connectivity index (χ3n) is 1.93. The molecule has 0 aliphatic heterocycles. The Kier molecular flexibility index (Phi) is 4.41. The molecule has 1 heterocycles. The summed E-state index contributed by atoms with van der Waals surface area (Å²) in [7, 11) is 1.66. The summed E-state index contributed by atoms with van der Waals surface area (Å²) in [6, 6.07) is 3.43. The molecule has 3 N–H and O–H groups in total. The van der Waals surface area contributed by atoms with Crippen molar-refractivity contribution in [2.45, 2.75) is 12.8 Å². The molecule has 0 radical (unpaired) electrons. The van der Waals surface area contributed by atoms with E-state index in [4.69, 9.17) is 17.3 Å². The third kappa shape index (κ3) is 3.97. The number of halogens is 1. The lowest BCUT2D eigenvalue weighted by molar-refractivity contribution is -0.555. The predicted molar refractivity (Wildman–Crippen MR) is 58.8 cm³/mol. The average Bonchev–Trinajstić information content (AvgIpc) is 2.20. The molecule has 8 heteroatoms. The van der Waals surface area contributed by atoms with Gasteiger partial charge in [-0.2, -0.15) is 0 Å². The first-order chi connectivity index (χ1) is 7.49. The highest BCUT2D eigenvalue weighted by atomic mass is 35.5. The van der Waals surface area contributed by atoms with Gasteiger partial charge >= 0.3 is 0 Å². The van der Waals surface area contributed by atoms with Crippen LogP contribution >= 0.6 is 11.6 Å². The summed E-state index contributed by atoms with van der Waals surface area (Å²) >= 11 is 5.63. The highest BCUT2D eigenvalue weighted by Gasteiger charge is 2.13. The van der Waals surface area contributed by atoms with Crippen LogP contribution in [0.1, 0.15) is 5.56 Å². The van der Waals surface area contributed by atoms with Gasteiger partial charge in [0.1, 0.15) is 5.15 Å². The Bertz CT molecular complexity index is 358. The molecule has 0 spiro atoms. The molecule has 0 saturated carbocycles. The van der Waals surface area contributed by atoms with Crippen LogP contribution in [0.4, 0.5) is 0 Å². The van der Waals surface area contributed by atoms with Crippen LogP contribution in [0.2, 0.25) is 5.15 Å². The molecular formula is C8H12ClN5O2. The van der Waals surface area contributed by atoms with Gasteiger partial charge in [0.15, 0.2) is 11.3 Å². The predicted octanol–water partition coefficient (Wildman–Crippen LogP) is 0.190. The highest BCUT2D eigenvalue weighted by molar-refractivity contribution is 6.29. The van der Waals surface area contributed by atoms with Gasteiger partial charge in [-0.3, -0.25) is 10.6 Å². The smallest absolute Gasteiger partial charge is 0.190 e. The summed E-state index contributed by atoms with van der Waals surface area (Å²) in [5, 5.41) is 9.89. The van der Waals surface area contributed by atoms with E-state index in [1.165, 1.54) is 0 Å². The summed E-state index contributed by atoms with van der Waals surface area (Å²) in [6.07, 6.45) is 0.739. The summed E-state index contributed by atoms with van der Waals surface area (Å²) in [6.45, 7) is 0.437. The second kappa shape index (κ2) is 5.59. The van der Waals surface area contributed by atoms with Crippen LogP contribution in [0, 0.1) is 10.1 Å². The van der Waals surface area contributed by atoms with Crippen molar-refractivity contribution < 1.29 is 5.03 Å². The molecule has 88 valence electrons. The van der Waals surface area contributed by atoms with E-state index < -0.39 is 11.3 Å². The first-order valence-electron chi connectivity index (χ1n) is 4.46. The quantitative estimate of drug-likeness (QED) is 0.333. The minimum atomic E-state index is -0.856. The molecule has 1 aromatic rings. The Labute approximate surface area is 97.3 Å². The Hall–Kier alpha value is -1.44. The fraction of sp³-hybridized carbons (Fsp3) is 0.375. The van der Waals surface area contributed by atoms with Crippen molar-refractivity contribution in [3.63, 3.8) is 0 Å². The monoisotopic (exact) mass is 245 g/mol. The van der Waals surface area contributed by atoms with E-state index in [0.29, 0.717) is 11.7 Å². The Balaban J connectivity index is 2.53. The van der Waals surface area contributed by atoms with Gasteiger partial charge in [0, 0.05) is 12.7 Å². The standard InChI is InChI=1S/C8H12ClN5O2/c1-13(8(10)12-14(15)16)5-6-2-3-7(9)11-4-6/h2-4,8,12H,5,10H2,1H3. The van der Waals surface area contributed by atoms with Gasteiger partial charge in [0.25, 0.3) is 0 Å². The number of nitrogens with one attached hydrogen (secondary N) is 1. The van der Waals surface area contributed by atoms with Gasteiger partial charge in [-0.25, -0.2) is 15.1 Å². The Morgan fingerprint density at radius 1 is 1.75 bits per heavy atom. The van der Waals surface area contributed by atoms with Crippen LogP contribution in [-0.4, -0.2) is 28.3 Å². The summed E-state index contributed by atoms with van der Waals surface area (Å²) in [5.74, 6) is 0. The van der Waals surface area contributed by atoms with Crippen LogP contribution in [0.15, 0.2) is 18.3 Å². The first kappa shape index (κ1) is 12.6. The topological polar surface area (TPSA) is 97.3 Å². The molecule has 1 atom stereocenters. The van der Waals surface area contributed by atoms with E-state index in [1.54, 1.807) is 30.3 Å². The van der Waals surface area contributed by atoms with Crippen LogP contribution in [0.5, 0.6) is 0 Å². The number of hydrogen-bond donors (Lipinski definition) is 2. The Morgan fingerprint density at radius 2 is 2.44 bits per heavy atom. The molecule has 1 aromatic heterocycles. The maximum absolute atomic E-state index is 10.2. The molecule has 1 unspecified atom stereocenters. The van der Waals surface area contributed by atoms with Crippen LogP contribution in [-0.2, 0) is 6.54 Å². The number of nitro groups is 1. The average molecular weight is 246 g/mol. The number of hydrogen-bond acceptors (Lipinski definition) is 5. The van der Waals surface area contributed by atoms with E-state index in [1.807, 2.05) is 5.43 Å². The van der Waals surface area contributed by atoms with Crippen LogP contribution in [0.25, 0.3) is 0 Å². The molecular weight excluding hydrogens is 234 g/mol. The molecule has 0 aliphatic carbocycles. The van der Waals surface area contributed by atoms with E-state index in [0.717, 1.165) is 5.56 Å². The maximum atomic E-state index is 10.2. The highest BCUT2D eigenvalue weighted by Crippen LogP contribution is 2.07. The number of nitrogens with two attached hydrogens (primary N) is 1. The molecule has 0 aliphatic rings. The fourth-order valence-electron chi connectivity index (χ4n) is 1.09. The van der Waals surface area contributed by atoms with Crippen molar-refractivity contribution in [2.75, 3.05) is 7.05 Å². The van der Waals surface area contributed by atoms with E-state index in [2.05, 4.69) is 4.98 Å². The van der Waals surface area contributed by atoms with Gasteiger partial charge in [0.2, 0.25) is 0 Å². The summed E-state index contributed by atoms with van der Waals surface area (Å²) < 4.78 is 0. The number of nitrogens with zero attached hydrogens (tertiary/aromatic N) is 3. The maximum Gasteiger partial charge on any atom is 0.190 e. The minimum absolute atomic E-state index is 0.402. The van der Waals surface area contributed by atoms with Gasteiger partial charge in [-0.1, -0.05) is 17.7 Å². The molecule has 7 nitrogen and oxygen atoms in total. The van der Waals surface area contributed by atoms with Gasteiger partial charge in [0.05, 0.1) is 0 Å². The SMILES string of the molecule is CN(Cc1ccc(Cl)nc1)C(N)N[N+](=O)[O-]. The lowest BCUT2D eigenvalue weighted by Crippen LogP contribution is -2.51. The van der Waals surface area contributed by atoms with Crippen molar-refractivity contribution in [3.8, 4) is 0 Å². The van der Waals surface area contributed by atoms with Crippen molar-refractivity contribution in [2.24, 2.45) is 5.73 Å². The van der Waals surface area contributed by atoms with Gasteiger partial charge in [-0.15, -0.1) is 5.43 Å². The molecule has 1 rings (SSSR count). The molecule has 0 fully saturated rings. The second-order valence-corrected chi connectivity index (χ2v) is 3.62. The summed E-state index contributed by atoms with van der Waals surface area (Å²) in [5.41, 5.74) is 8.34. The second-order valence-electron chi connectivity index (χ2n) is 3.24. The third-order valence-corrected chi connectivity index (χ3v) is 2.16. The molecule has 16 heavy (non-hydrogen) atoms. The van der Waals surface area contributed by atoms with E-state index in [9.17, 15) is 10.1 Å². The van der Waals surface area contributed by atoms with E-state index in [-0.39, 0.29) is 0 Å². The minimum Gasteiger partial charge on any atom is -0.294 e. The van der Waals surface area contributed by atoms with Crippen molar-refractivity contribution in [1.29, 1.82) is 0 Å². The number of aromatic nitrogens is 1. The zero-order chi connectivity index (χ0) is 12.1. The normalized spacial score (nSPS) is 12.5. The first-order valence-corrected chi connectivity index (χ1v) is 4.83. The largest absolute Gasteiger partial charge is 0.294 e. The lowest BCUT2D eigenvalue weighted by atomic mass is 10.3. The number of hydrazine groups is 1. The molecule has 0 saturated heterocycles. The molecule has 0 aromatic carbocycles.